The molecule has 2 aromatic rings. The van der Waals surface area contributed by atoms with Crippen LogP contribution in [-0.4, -0.2) is 21.6 Å². The fourth-order valence-corrected chi connectivity index (χ4v) is 3.44. The van der Waals surface area contributed by atoms with E-state index in [1.54, 1.807) is 37.4 Å². The highest BCUT2D eigenvalue weighted by Gasteiger charge is 2.17. The van der Waals surface area contributed by atoms with Gasteiger partial charge in [-0.15, -0.1) is 0 Å². The van der Waals surface area contributed by atoms with Crippen molar-refractivity contribution in [3.63, 3.8) is 0 Å². The Morgan fingerprint density at radius 1 is 1.05 bits per heavy atom. The van der Waals surface area contributed by atoms with E-state index < -0.39 is 10.0 Å². The van der Waals surface area contributed by atoms with Crippen molar-refractivity contribution in [1.29, 1.82) is 0 Å². The van der Waals surface area contributed by atoms with Gasteiger partial charge in [-0.1, -0.05) is 36.4 Å². The molecule has 112 valence electrons. The standard InChI is InChI=1S/C16H19NO3S/c1-13(12-14-8-6-7-11-16(14)20-2)17-21(18,19)15-9-4-3-5-10-15/h3-11,13,17H,12H2,1-2H3. The maximum Gasteiger partial charge on any atom is 0.240 e. The van der Waals surface area contributed by atoms with Crippen molar-refractivity contribution in [1.82, 2.24) is 4.72 Å². The molecule has 0 bridgehead atoms. The number of methoxy groups -OCH3 is 1. The van der Waals surface area contributed by atoms with Crippen LogP contribution >= 0.6 is 0 Å². The Hall–Kier alpha value is -1.85. The normalized spacial score (nSPS) is 12.9. The van der Waals surface area contributed by atoms with Crippen LogP contribution in [0.4, 0.5) is 0 Å². The van der Waals surface area contributed by atoms with Gasteiger partial charge >= 0.3 is 0 Å². The van der Waals surface area contributed by atoms with E-state index in [1.165, 1.54) is 0 Å². The van der Waals surface area contributed by atoms with E-state index in [-0.39, 0.29) is 10.9 Å². The summed E-state index contributed by atoms with van der Waals surface area (Å²) in [4.78, 5) is 0.275. The quantitative estimate of drug-likeness (QED) is 0.892. The number of hydrogen-bond acceptors (Lipinski definition) is 3. The molecule has 2 rings (SSSR count). The molecular weight excluding hydrogens is 286 g/mol. The van der Waals surface area contributed by atoms with Crippen molar-refractivity contribution < 1.29 is 13.2 Å². The summed E-state index contributed by atoms with van der Waals surface area (Å²) in [5.74, 6) is 0.767. The van der Waals surface area contributed by atoms with Crippen molar-refractivity contribution in [2.75, 3.05) is 7.11 Å². The van der Waals surface area contributed by atoms with Crippen molar-refractivity contribution >= 4 is 10.0 Å². The molecule has 0 aromatic heterocycles. The Morgan fingerprint density at radius 2 is 1.67 bits per heavy atom. The van der Waals surface area contributed by atoms with Gasteiger partial charge in [-0.3, -0.25) is 0 Å². The first-order valence-corrected chi connectivity index (χ1v) is 8.20. The van der Waals surface area contributed by atoms with Gasteiger partial charge in [-0.05, 0) is 37.1 Å². The van der Waals surface area contributed by atoms with E-state index in [0.29, 0.717) is 6.42 Å². The van der Waals surface area contributed by atoms with Gasteiger partial charge in [0.05, 0.1) is 12.0 Å². The number of ether oxygens (including phenoxy) is 1. The zero-order chi connectivity index (χ0) is 15.3. The van der Waals surface area contributed by atoms with Crippen LogP contribution in [0.1, 0.15) is 12.5 Å². The molecule has 0 fully saturated rings. The number of sulfonamides is 1. The predicted molar refractivity (Wildman–Crippen MR) is 82.9 cm³/mol. The second-order valence-electron chi connectivity index (χ2n) is 4.85. The smallest absolute Gasteiger partial charge is 0.240 e. The van der Waals surface area contributed by atoms with Crippen LogP contribution in [0.5, 0.6) is 5.75 Å². The Labute approximate surface area is 125 Å². The largest absolute Gasteiger partial charge is 0.496 e. The summed E-state index contributed by atoms with van der Waals surface area (Å²) in [5, 5.41) is 0. The second kappa shape index (κ2) is 6.74. The molecule has 0 radical (unpaired) electrons. The molecule has 0 amide bonds. The Balaban J connectivity index is 2.10. The van der Waals surface area contributed by atoms with Gasteiger partial charge in [0.1, 0.15) is 5.75 Å². The molecule has 1 unspecified atom stereocenters. The van der Waals surface area contributed by atoms with Gasteiger partial charge < -0.3 is 4.74 Å². The summed E-state index contributed by atoms with van der Waals surface area (Å²) >= 11 is 0. The third-order valence-electron chi connectivity index (χ3n) is 3.13. The zero-order valence-corrected chi connectivity index (χ0v) is 12.9. The summed E-state index contributed by atoms with van der Waals surface area (Å²) in [7, 11) is -1.88. The lowest BCUT2D eigenvalue weighted by Crippen LogP contribution is -2.34. The average molecular weight is 305 g/mol. The molecule has 0 saturated heterocycles. The van der Waals surface area contributed by atoms with Gasteiger partial charge in [-0.2, -0.15) is 0 Å². The molecule has 5 heteroatoms. The minimum absolute atomic E-state index is 0.230. The van der Waals surface area contributed by atoms with E-state index in [9.17, 15) is 8.42 Å². The first kappa shape index (κ1) is 15.5. The van der Waals surface area contributed by atoms with Crippen LogP contribution in [0.2, 0.25) is 0 Å². The number of benzene rings is 2. The molecule has 1 atom stereocenters. The van der Waals surface area contributed by atoms with Crippen LogP contribution in [0, 0.1) is 0 Å². The number of para-hydroxylation sites is 1. The number of rotatable bonds is 6. The Bertz CT molecular complexity index is 684. The van der Waals surface area contributed by atoms with Gasteiger partial charge in [0.2, 0.25) is 10.0 Å². The Kier molecular flexibility index (Phi) is 4.98. The molecule has 0 aliphatic rings. The van der Waals surface area contributed by atoms with Crippen molar-refractivity contribution in [2.45, 2.75) is 24.3 Å². The van der Waals surface area contributed by atoms with E-state index >= 15 is 0 Å². The molecule has 1 N–H and O–H groups in total. The minimum Gasteiger partial charge on any atom is -0.496 e. The van der Waals surface area contributed by atoms with Crippen molar-refractivity contribution in [3.05, 3.63) is 60.2 Å². The van der Waals surface area contributed by atoms with E-state index in [1.807, 2.05) is 31.2 Å². The lowest BCUT2D eigenvalue weighted by Gasteiger charge is -2.16. The SMILES string of the molecule is COc1ccccc1CC(C)NS(=O)(=O)c1ccccc1. The summed E-state index contributed by atoms with van der Waals surface area (Å²) in [6.45, 7) is 1.84. The van der Waals surface area contributed by atoms with Crippen molar-refractivity contribution in [3.8, 4) is 5.75 Å². The minimum atomic E-state index is -3.49. The third-order valence-corrected chi connectivity index (χ3v) is 4.73. The number of nitrogens with one attached hydrogen (secondary N) is 1. The fraction of sp³-hybridized carbons (Fsp3) is 0.250. The second-order valence-corrected chi connectivity index (χ2v) is 6.57. The van der Waals surface area contributed by atoms with Crippen LogP contribution in [0.25, 0.3) is 0 Å². The molecule has 0 aliphatic carbocycles. The Morgan fingerprint density at radius 3 is 2.33 bits per heavy atom. The molecule has 4 nitrogen and oxygen atoms in total. The number of hydrogen-bond donors (Lipinski definition) is 1. The maximum absolute atomic E-state index is 12.2. The lowest BCUT2D eigenvalue weighted by molar-refractivity contribution is 0.407. The van der Waals surface area contributed by atoms with E-state index in [4.69, 9.17) is 4.74 Å². The van der Waals surface area contributed by atoms with Crippen LogP contribution in [-0.2, 0) is 16.4 Å². The topological polar surface area (TPSA) is 55.4 Å². The highest BCUT2D eigenvalue weighted by Crippen LogP contribution is 2.19. The lowest BCUT2D eigenvalue weighted by atomic mass is 10.1. The molecular formula is C16H19NO3S. The monoisotopic (exact) mass is 305 g/mol. The molecule has 0 spiro atoms. The molecule has 2 aromatic carbocycles. The average Bonchev–Trinajstić information content (AvgIpc) is 2.48. The first-order valence-electron chi connectivity index (χ1n) is 6.72. The highest BCUT2D eigenvalue weighted by atomic mass is 32.2. The summed E-state index contributed by atoms with van der Waals surface area (Å²) < 4.78 is 32.5. The molecule has 0 aliphatic heterocycles. The van der Waals surface area contributed by atoms with E-state index in [0.717, 1.165) is 11.3 Å². The molecule has 0 saturated carbocycles. The summed E-state index contributed by atoms with van der Waals surface area (Å²) in [6.07, 6.45) is 0.566. The van der Waals surface area contributed by atoms with Crippen molar-refractivity contribution in [2.24, 2.45) is 0 Å². The first-order chi connectivity index (χ1) is 10.0. The summed E-state index contributed by atoms with van der Waals surface area (Å²) in [5.41, 5.74) is 0.975. The van der Waals surface area contributed by atoms with Gasteiger partial charge in [0, 0.05) is 6.04 Å². The van der Waals surface area contributed by atoms with Crippen LogP contribution < -0.4 is 9.46 Å². The van der Waals surface area contributed by atoms with Gasteiger partial charge in [0.25, 0.3) is 0 Å². The summed E-state index contributed by atoms with van der Waals surface area (Å²) in [6, 6.07) is 15.7. The predicted octanol–water partition coefficient (Wildman–Crippen LogP) is 2.60. The maximum atomic E-state index is 12.2. The van der Waals surface area contributed by atoms with E-state index in [2.05, 4.69) is 4.72 Å². The third kappa shape index (κ3) is 4.06. The fourth-order valence-electron chi connectivity index (χ4n) is 2.18. The highest BCUT2D eigenvalue weighted by molar-refractivity contribution is 7.89. The zero-order valence-electron chi connectivity index (χ0n) is 12.1. The van der Waals surface area contributed by atoms with Gasteiger partial charge in [-0.25, -0.2) is 13.1 Å². The van der Waals surface area contributed by atoms with Crippen LogP contribution in [0.15, 0.2) is 59.5 Å². The van der Waals surface area contributed by atoms with Gasteiger partial charge in [0.15, 0.2) is 0 Å². The van der Waals surface area contributed by atoms with Crippen LogP contribution in [0.3, 0.4) is 0 Å². The molecule has 0 heterocycles. The molecule has 21 heavy (non-hydrogen) atoms.